The van der Waals surface area contributed by atoms with Gasteiger partial charge in [-0.2, -0.15) is 11.8 Å². The van der Waals surface area contributed by atoms with Crippen molar-refractivity contribution in [2.45, 2.75) is 33.7 Å². The summed E-state index contributed by atoms with van der Waals surface area (Å²) in [7, 11) is 2.01. The Kier molecular flexibility index (Phi) is 8.62. The van der Waals surface area contributed by atoms with Crippen LogP contribution in [0.1, 0.15) is 39.3 Å². The number of hydrogen-bond donors (Lipinski definition) is 1. The first kappa shape index (κ1) is 18.2. The van der Waals surface area contributed by atoms with Gasteiger partial charge in [-0.15, -0.1) is 0 Å². The van der Waals surface area contributed by atoms with Crippen LogP contribution in [0.15, 0.2) is 18.2 Å². The van der Waals surface area contributed by atoms with Crippen LogP contribution in [0.4, 0.5) is 0 Å². The summed E-state index contributed by atoms with van der Waals surface area (Å²) in [5.41, 5.74) is 1.25. The van der Waals surface area contributed by atoms with Crippen molar-refractivity contribution in [3.05, 3.63) is 23.8 Å². The van der Waals surface area contributed by atoms with E-state index in [0.29, 0.717) is 19.3 Å². The molecule has 1 aromatic rings. The van der Waals surface area contributed by atoms with Crippen molar-refractivity contribution in [1.29, 1.82) is 0 Å². The van der Waals surface area contributed by atoms with Crippen LogP contribution in [-0.2, 0) is 0 Å². The van der Waals surface area contributed by atoms with Gasteiger partial charge in [-0.1, -0.05) is 19.9 Å². The predicted octanol–water partition coefficient (Wildman–Crippen LogP) is 4.13. The van der Waals surface area contributed by atoms with Crippen molar-refractivity contribution in [2.75, 3.05) is 31.8 Å². The lowest BCUT2D eigenvalue weighted by Crippen LogP contribution is -2.19. The molecule has 0 saturated carbocycles. The Morgan fingerprint density at radius 2 is 1.71 bits per heavy atom. The maximum absolute atomic E-state index is 5.71. The molecule has 3 nitrogen and oxygen atoms in total. The minimum Gasteiger partial charge on any atom is -0.490 e. The molecule has 0 amide bonds. The van der Waals surface area contributed by atoms with Gasteiger partial charge in [0.25, 0.3) is 0 Å². The molecule has 0 saturated heterocycles. The fourth-order valence-corrected chi connectivity index (χ4v) is 3.25. The molecule has 21 heavy (non-hydrogen) atoms. The van der Waals surface area contributed by atoms with Crippen LogP contribution >= 0.6 is 11.8 Å². The number of rotatable bonds is 10. The van der Waals surface area contributed by atoms with E-state index in [0.717, 1.165) is 23.2 Å². The van der Waals surface area contributed by atoms with Crippen LogP contribution < -0.4 is 14.8 Å². The van der Waals surface area contributed by atoms with E-state index in [9.17, 15) is 0 Å². The maximum atomic E-state index is 5.71. The molecule has 1 unspecified atom stereocenters. The van der Waals surface area contributed by atoms with Crippen molar-refractivity contribution in [2.24, 2.45) is 5.92 Å². The molecule has 0 heterocycles. The van der Waals surface area contributed by atoms with Crippen LogP contribution in [0.2, 0.25) is 0 Å². The van der Waals surface area contributed by atoms with Crippen molar-refractivity contribution < 1.29 is 9.47 Å². The van der Waals surface area contributed by atoms with Gasteiger partial charge in [0.2, 0.25) is 0 Å². The van der Waals surface area contributed by atoms with Crippen LogP contribution in [0, 0.1) is 5.92 Å². The first-order valence-corrected chi connectivity index (χ1v) is 8.92. The van der Waals surface area contributed by atoms with Crippen molar-refractivity contribution in [3.63, 3.8) is 0 Å². The second kappa shape index (κ2) is 9.96. The fourth-order valence-electron chi connectivity index (χ4n) is 2.05. The van der Waals surface area contributed by atoms with E-state index in [2.05, 4.69) is 31.3 Å². The topological polar surface area (TPSA) is 30.5 Å². The van der Waals surface area contributed by atoms with E-state index in [1.54, 1.807) is 0 Å². The summed E-state index contributed by atoms with van der Waals surface area (Å²) in [6.07, 6.45) is 0. The molecule has 0 fully saturated rings. The Hall–Kier alpha value is -0.870. The molecule has 0 aliphatic rings. The predicted molar refractivity (Wildman–Crippen MR) is 92.7 cm³/mol. The second-order valence-electron chi connectivity index (χ2n) is 5.34. The summed E-state index contributed by atoms with van der Waals surface area (Å²) in [5, 5.41) is 3.40. The molecular weight excluding hydrogens is 282 g/mol. The van der Waals surface area contributed by atoms with Crippen molar-refractivity contribution >= 4 is 11.8 Å². The normalized spacial score (nSPS) is 12.5. The van der Waals surface area contributed by atoms with Crippen LogP contribution in [-0.4, -0.2) is 31.8 Å². The van der Waals surface area contributed by atoms with Gasteiger partial charge in [0.15, 0.2) is 11.5 Å². The summed E-state index contributed by atoms with van der Waals surface area (Å²) in [6.45, 7) is 9.80. The summed E-state index contributed by atoms with van der Waals surface area (Å²) in [5.74, 6) is 4.65. The molecule has 0 spiro atoms. The largest absolute Gasteiger partial charge is 0.490 e. The zero-order valence-electron chi connectivity index (χ0n) is 13.9. The number of nitrogens with one attached hydrogen (secondary N) is 1. The molecule has 1 atom stereocenters. The number of hydrogen-bond acceptors (Lipinski definition) is 4. The van der Waals surface area contributed by atoms with Gasteiger partial charge in [-0.25, -0.2) is 0 Å². The quantitative estimate of drug-likeness (QED) is 0.703. The molecule has 1 rings (SSSR count). The lowest BCUT2D eigenvalue weighted by Gasteiger charge is -2.19. The zero-order valence-corrected chi connectivity index (χ0v) is 14.8. The maximum Gasteiger partial charge on any atom is 0.161 e. The minimum atomic E-state index is 0.337. The van der Waals surface area contributed by atoms with E-state index < -0.39 is 0 Å². The molecule has 1 N–H and O–H groups in total. The number of thioether (sulfide) groups is 1. The Morgan fingerprint density at radius 1 is 1.05 bits per heavy atom. The fraction of sp³-hybridized carbons (Fsp3) is 0.647. The third-order valence-corrected chi connectivity index (χ3v) is 4.53. The monoisotopic (exact) mass is 311 g/mol. The molecule has 0 aliphatic carbocycles. The molecule has 0 aromatic heterocycles. The Bertz CT molecular complexity index is 410. The van der Waals surface area contributed by atoms with E-state index in [-0.39, 0.29) is 0 Å². The molecule has 0 aliphatic heterocycles. The van der Waals surface area contributed by atoms with E-state index >= 15 is 0 Å². The van der Waals surface area contributed by atoms with Gasteiger partial charge in [0.05, 0.1) is 13.2 Å². The summed E-state index contributed by atoms with van der Waals surface area (Å²) < 4.78 is 11.3. The standard InChI is InChI=1S/C17H29NO2S/c1-6-19-16-9-8-14(10-17(16)20-7-2)15(18-5)12-21-11-13(3)4/h8-10,13,15,18H,6-7,11-12H2,1-5H3. The molecule has 120 valence electrons. The molecule has 4 heteroatoms. The highest BCUT2D eigenvalue weighted by molar-refractivity contribution is 7.99. The van der Waals surface area contributed by atoms with Crippen LogP contribution in [0.3, 0.4) is 0 Å². The highest BCUT2D eigenvalue weighted by Gasteiger charge is 2.13. The lowest BCUT2D eigenvalue weighted by molar-refractivity contribution is 0.287. The van der Waals surface area contributed by atoms with Gasteiger partial charge in [0.1, 0.15) is 0 Å². The Labute approximate surface area is 133 Å². The smallest absolute Gasteiger partial charge is 0.161 e. The highest BCUT2D eigenvalue weighted by Crippen LogP contribution is 2.31. The average Bonchev–Trinajstić information content (AvgIpc) is 2.46. The molecule has 1 aromatic carbocycles. The summed E-state index contributed by atoms with van der Waals surface area (Å²) >= 11 is 1.99. The van der Waals surface area contributed by atoms with Gasteiger partial charge < -0.3 is 14.8 Å². The second-order valence-corrected chi connectivity index (χ2v) is 6.42. The SMILES string of the molecule is CCOc1ccc(C(CSCC(C)C)NC)cc1OCC. The van der Waals surface area contributed by atoms with Crippen LogP contribution in [0.5, 0.6) is 11.5 Å². The minimum absolute atomic E-state index is 0.337. The first-order valence-electron chi connectivity index (χ1n) is 7.76. The van der Waals surface area contributed by atoms with Crippen molar-refractivity contribution in [1.82, 2.24) is 5.32 Å². The van der Waals surface area contributed by atoms with Gasteiger partial charge in [-0.05, 0) is 50.3 Å². The Morgan fingerprint density at radius 3 is 2.29 bits per heavy atom. The van der Waals surface area contributed by atoms with E-state index in [4.69, 9.17) is 9.47 Å². The highest BCUT2D eigenvalue weighted by atomic mass is 32.2. The third-order valence-electron chi connectivity index (χ3n) is 3.05. The average molecular weight is 311 g/mol. The van der Waals surface area contributed by atoms with Gasteiger partial charge >= 0.3 is 0 Å². The van der Waals surface area contributed by atoms with E-state index in [1.807, 2.05) is 38.7 Å². The van der Waals surface area contributed by atoms with Crippen LogP contribution in [0.25, 0.3) is 0 Å². The zero-order chi connectivity index (χ0) is 15.7. The number of ether oxygens (including phenoxy) is 2. The summed E-state index contributed by atoms with van der Waals surface area (Å²) in [6, 6.07) is 6.58. The molecule has 0 radical (unpaired) electrons. The van der Waals surface area contributed by atoms with E-state index in [1.165, 1.54) is 11.3 Å². The van der Waals surface area contributed by atoms with Gasteiger partial charge in [-0.3, -0.25) is 0 Å². The Balaban J connectivity index is 2.81. The van der Waals surface area contributed by atoms with Crippen molar-refractivity contribution in [3.8, 4) is 11.5 Å². The summed E-state index contributed by atoms with van der Waals surface area (Å²) in [4.78, 5) is 0. The first-order chi connectivity index (χ1) is 10.1. The lowest BCUT2D eigenvalue weighted by atomic mass is 10.1. The molecular formula is C17H29NO2S. The third kappa shape index (κ3) is 6.18. The molecule has 0 bridgehead atoms. The number of benzene rings is 1. The van der Waals surface area contributed by atoms with Gasteiger partial charge in [0, 0.05) is 11.8 Å².